The molecule has 3 rings (SSSR count). The van der Waals surface area contributed by atoms with Crippen molar-refractivity contribution in [2.24, 2.45) is 11.1 Å². The Balaban J connectivity index is 1.67. The summed E-state index contributed by atoms with van der Waals surface area (Å²) in [4.78, 5) is 2.61. The molecule has 17 heavy (non-hydrogen) atoms. The molecule has 4 nitrogen and oxygen atoms in total. The monoisotopic (exact) mass is 240 g/mol. The quantitative estimate of drug-likeness (QED) is 0.768. The summed E-state index contributed by atoms with van der Waals surface area (Å²) in [5.41, 5.74) is 6.31. The second-order valence-corrected chi connectivity index (χ2v) is 6.15. The maximum atomic E-state index is 6.18. The van der Waals surface area contributed by atoms with Gasteiger partial charge in [-0.25, -0.2) is 0 Å². The Morgan fingerprint density at radius 2 is 2.29 bits per heavy atom. The molecule has 0 aromatic carbocycles. The largest absolute Gasteiger partial charge is 0.379 e. The van der Waals surface area contributed by atoms with Crippen molar-refractivity contribution in [3.8, 4) is 0 Å². The van der Waals surface area contributed by atoms with Crippen molar-refractivity contribution in [1.82, 2.24) is 4.90 Å². The van der Waals surface area contributed by atoms with Crippen LogP contribution in [0.1, 0.15) is 26.2 Å². The number of ether oxygens (including phenoxy) is 2. The fraction of sp³-hybridized carbons (Fsp3) is 1.00. The highest BCUT2D eigenvalue weighted by Gasteiger charge is 2.43. The predicted octanol–water partition coefficient (Wildman–Crippen LogP) is 0.604. The van der Waals surface area contributed by atoms with Gasteiger partial charge in [-0.3, -0.25) is 4.90 Å². The van der Waals surface area contributed by atoms with E-state index < -0.39 is 0 Å². The van der Waals surface area contributed by atoms with Gasteiger partial charge in [0.05, 0.1) is 25.9 Å². The van der Waals surface area contributed by atoms with Crippen LogP contribution in [0.5, 0.6) is 0 Å². The molecule has 1 aliphatic carbocycles. The zero-order chi connectivity index (χ0) is 11.9. The second kappa shape index (κ2) is 4.50. The van der Waals surface area contributed by atoms with E-state index in [0.29, 0.717) is 12.1 Å². The van der Waals surface area contributed by atoms with E-state index in [9.17, 15) is 0 Å². The maximum Gasteiger partial charge on any atom is 0.0730 e. The Kier molecular flexibility index (Phi) is 3.15. The molecule has 0 radical (unpaired) electrons. The van der Waals surface area contributed by atoms with Crippen molar-refractivity contribution >= 4 is 0 Å². The van der Waals surface area contributed by atoms with Gasteiger partial charge < -0.3 is 15.2 Å². The van der Waals surface area contributed by atoms with E-state index >= 15 is 0 Å². The summed E-state index contributed by atoms with van der Waals surface area (Å²) in [5.74, 6) is 0. The minimum atomic E-state index is 0.129. The van der Waals surface area contributed by atoms with Gasteiger partial charge in [-0.2, -0.15) is 0 Å². The number of hydrogen-bond donors (Lipinski definition) is 1. The van der Waals surface area contributed by atoms with Crippen LogP contribution in [0.25, 0.3) is 0 Å². The first-order valence-corrected chi connectivity index (χ1v) is 6.88. The molecule has 1 saturated carbocycles. The van der Waals surface area contributed by atoms with Gasteiger partial charge in [-0.05, 0) is 19.3 Å². The summed E-state index contributed by atoms with van der Waals surface area (Å²) in [5, 5.41) is 0. The van der Waals surface area contributed by atoms with Crippen LogP contribution in [0.3, 0.4) is 0 Å². The average Bonchev–Trinajstić information content (AvgIpc) is 2.88. The molecule has 4 atom stereocenters. The molecular formula is C13H24N2O2. The van der Waals surface area contributed by atoms with Crippen LogP contribution in [-0.2, 0) is 9.47 Å². The molecule has 2 aliphatic heterocycles. The normalized spacial score (nSPS) is 47.3. The number of nitrogens with two attached hydrogens (primary N) is 1. The highest BCUT2D eigenvalue weighted by molar-refractivity contribution is 4.97. The zero-order valence-electron chi connectivity index (χ0n) is 10.7. The molecule has 0 spiro atoms. The lowest BCUT2D eigenvalue weighted by Gasteiger charge is -2.42. The minimum Gasteiger partial charge on any atom is -0.379 e. The summed E-state index contributed by atoms with van der Waals surface area (Å²) in [6, 6.07) is 0.818. The number of hydrogen-bond acceptors (Lipinski definition) is 4. The smallest absolute Gasteiger partial charge is 0.0730 e. The fourth-order valence-electron chi connectivity index (χ4n) is 3.56. The van der Waals surface area contributed by atoms with Crippen LogP contribution >= 0.6 is 0 Å². The summed E-state index contributed by atoms with van der Waals surface area (Å²) < 4.78 is 11.4. The van der Waals surface area contributed by atoms with Gasteiger partial charge >= 0.3 is 0 Å². The number of nitrogens with zero attached hydrogens (tertiary/aromatic N) is 1. The summed E-state index contributed by atoms with van der Waals surface area (Å²) >= 11 is 0. The number of fused-ring (bicyclic) bond motifs is 1. The molecule has 0 amide bonds. The summed E-state index contributed by atoms with van der Waals surface area (Å²) in [6.07, 6.45) is 4.31. The first kappa shape index (κ1) is 11.9. The van der Waals surface area contributed by atoms with Crippen LogP contribution in [0.2, 0.25) is 0 Å². The molecule has 2 heterocycles. The van der Waals surface area contributed by atoms with E-state index in [0.717, 1.165) is 32.9 Å². The minimum absolute atomic E-state index is 0.129. The molecule has 2 N–H and O–H groups in total. The first-order valence-electron chi connectivity index (χ1n) is 6.88. The molecule has 3 fully saturated rings. The van der Waals surface area contributed by atoms with Crippen LogP contribution < -0.4 is 5.73 Å². The van der Waals surface area contributed by atoms with Gasteiger partial charge in [0.1, 0.15) is 0 Å². The Labute approximate surface area is 103 Å². The zero-order valence-corrected chi connectivity index (χ0v) is 10.7. The number of rotatable bonds is 2. The molecule has 0 aromatic heterocycles. The van der Waals surface area contributed by atoms with Crippen molar-refractivity contribution in [1.29, 1.82) is 0 Å². The van der Waals surface area contributed by atoms with E-state index in [-0.39, 0.29) is 11.5 Å². The van der Waals surface area contributed by atoms with Gasteiger partial charge in [0.25, 0.3) is 0 Å². The fourth-order valence-corrected chi connectivity index (χ4v) is 3.56. The van der Waals surface area contributed by atoms with Crippen LogP contribution in [0.4, 0.5) is 0 Å². The standard InChI is InChI=1S/C13H24N2O2/c1-13(9-16-7-12(13)14)8-15-5-6-17-11-4-2-3-10(11)15/h10-12H,2-9,14H2,1H3. The molecule has 4 unspecified atom stereocenters. The van der Waals surface area contributed by atoms with Crippen molar-refractivity contribution < 1.29 is 9.47 Å². The third kappa shape index (κ3) is 2.12. The lowest BCUT2D eigenvalue weighted by atomic mass is 9.84. The van der Waals surface area contributed by atoms with Crippen molar-refractivity contribution in [3.05, 3.63) is 0 Å². The Bertz CT molecular complexity index is 287. The Morgan fingerprint density at radius 3 is 3.06 bits per heavy atom. The van der Waals surface area contributed by atoms with Gasteiger partial charge in [-0.15, -0.1) is 0 Å². The lowest BCUT2D eigenvalue weighted by Crippen LogP contribution is -2.55. The molecule has 0 bridgehead atoms. The van der Waals surface area contributed by atoms with Gasteiger partial charge in [0.15, 0.2) is 0 Å². The molecular weight excluding hydrogens is 216 g/mol. The highest BCUT2D eigenvalue weighted by atomic mass is 16.5. The van der Waals surface area contributed by atoms with Gasteiger partial charge in [0, 0.05) is 30.6 Å². The van der Waals surface area contributed by atoms with Crippen LogP contribution in [-0.4, -0.2) is 56.0 Å². The topological polar surface area (TPSA) is 47.7 Å². The summed E-state index contributed by atoms with van der Waals surface area (Å²) in [6.45, 7) is 6.80. The highest BCUT2D eigenvalue weighted by Crippen LogP contribution is 2.34. The average molecular weight is 240 g/mol. The molecule has 4 heteroatoms. The SMILES string of the molecule is CC1(CN2CCOC3CCCC32)COCC1N. The first-order chi connectivity index (χ1) is 8.19. The van der Waals surface area contributed by atoms with Crippen LogP contribution in [0, 0.1) is 5.41 Å². The maximum absolute atomic E-state index is 6.18. The molecule has 98 valence electrons. The molecule has 3 aliphatic rings. The third-order valence-electron chi connectivity index (χ3n) is 4.79. The third-order valence-corrected chi connectivity index (χ3v) is 4.79. The van der Waals surface area contributed by atoms with Gasteiger partial charge in [0.2, 0.25) is 0 Å². The van der Waals surface area contributed by atoms with E-state index in [1.165, 1.54) is 19.3 Å². The predicted molar refractivity (Wildman–Crippen MR) is 65.9 cm³/mol. The summed E-state index contributed by atoms with van der Waals surface area (Å²) in [7, 11) is 0. The van der Waals surface area contributed by atoms with E-state index in [2.05, 4.69) is 11.8 Å². The molecule has 2 saturated heterocycles. The number of morpholine rings is 1. The van der Waals surface area contributed by atoms with Gasteiger partial charge in [-0.1, -0.05) is 6.92 Å². The Morgan fingerprint density at radius 1 is 1.41 bits per heavy atom. The lowest BCUT2D eigenvalue weighted by molar-refractivity contribution is -0.0685. The van der Waals surface area contributed by atoms with Crippen LogP contribution in [0.15, 0.2) is 0 Å². The van der Waals surface area contributed by atoms with Crippen molar-refractivity contribution in [2.75, 3.05) is 32.9 Å². The van der Waals surface area contributed by atoms with Crippen molar-refractivity contribution in [2.45, 2.75) is 44.4 Å². The molecule has 0 aromatic rings. The van der Waals surface area contributed by atoms with E-state index in [1.54, 1.807) is 0 Å². The van der Waals surface area contributed by atoms with E-state index in [4.69, 9.17) is 15.2 Å². The van der Waals surface area contributed by atoms with Crippen molar-refractivity contribution in [3.63, 3.8) is 0 Å². The Hall–Kier alpha value is -0.160. The second-order valence-electron chi connectivity index (χ2n) is 6.15. The van der Waals surface area contributed by atoms with E-state index in [1.807, 2.05) is 0 Å².